The SMILES string of the molecule is CNCc1ccc(OCc2ccncc2)c(C(F)(F)F)c1. The zero-order chi connectivity index (χ0) is 15.3. The van der Waals surface area contributed by atoms with Crippen molar-refractivity contribution in [1.82, 2.24) is 10.3 Å². The highest BCUT2D eigenvalue weighted by atomic mass is 19.4. The lowest BCUT2D eigenvalue weighted by Crippen LogP contribution is -2.11. The summed E-state index contributed by atoms with van der Waals surface area (Å²) in [4.78, 5) is 3.85. The second kappa shape index (κ2) is 6.58. The van der Waals surface area contributed by atoms with Crippen LogP contribution in [0.15, 0.2) is 42.7 Å². The molecule has 0 bridgehead atoms. The molecule has 0 saturated carbocycles. The first-order valence-corrected chi connectivity index (χ1v) is 6.37. The van der Waals surface area contributed by atoms with Gasteiger partial charge in [-0.25, -0.2) is 0 Å². The van der Waals surface area contributed by atoms with E-state index in [9.17, 15) is 13.2 Å². The molecule has 1 N–H and O–H groups in total. The summed E-state index contributed by atoms with van der Waals surface area (Å²) < 4.78 is 44.6. The van der Waals surface area contributed by atoms with E-state index in [1.807, 2.05) is 0 Å². The third kappa shape index (κ3) is 4.19. The van der Waals surface area contributed by atoms with Crippen LogP contribution in [0.25, 0.3) is 0 Å². The van der Waals surface area contributed by atoms with E-state index in [0.29, 0.717) is 12.1 Å². The normalized spacial score (nSPS) is 11.4. The number of benzene rings is 1. The molecule has 0 spiro atoms. The van der Waals surface area contributed by atoms with Crippen molar-refractivity contribution in [1.29, 1.82) is 0 Å². The van der Waals surface area contributed by atoms with Crippen LogP contribution in [0, 0.1) is 0 Å². The molecule has 0 amide bonds. The number of hydrogen-bond acceptors (Lipinski definition) is 3. The van der Waals surface area contributed by atoms with Crippen molar-refractivity contribution in [2.75, 3.05) is 7.05 Å². The molecular formula is C15H15F3N2O. The maximum Gasteiger partial charge on any atom is 0.419 e. The Morgan fingerprint density at radius 2 is 1.81 bits per heavy atom. The Labute approximate surface area is 120 Å². The predicted molar refractivity (Wildman–Crippen MR) is 72.8 cm³/mol. The second-order valence-corrected chi connectivity index (χ2v) is 4.50. The van der Waals surface area contributed by atoms with Gasteiger partial charge in [-0.3, -0.25) is 4.98 Å². The van der Waals surface area contributed by atoms with Crippen LogP contribution >= 0.6 is 0 Å². The van der Waals surface area contributed by atoms with E-state index in [2.05, 4.69) is 10.3 Å². The highest BCUT2D eigenvalue weighted by Crippen LogP contribution is 2.37. The van der Waals surface area contributed by atoms with Crippen molar-refractivity contribution in [2.45, 2.75) is 19.3 Å². The third-order valence-electron chi connectivity index (χ3n) is 2.87. The number of ether oxygens (including phenoxy) is 1. The van der Waals surface area contributed by atoms with Gasteiger partial charge in [0.1, 0.15) is 12.4 Å². The standard InChI is InChI=1S/C15H15F3N2O/c1-19-9-12-2-3-14(13(8-12)15(16,17)18)21-10-11-4-6-20-7-5-11/h2-8,19H,9-10H2,1H3. The minimum absolute atomic E-state index is 0.0664. The van der Waals surface area contributed by atoms with Gasteiger partial charge < -0.3 is 10.1 Å². The molecule has 0 saturated heterocycles. The minimum atomic E-state index is -4.45. The van der Waals surface area contributed by atoms with Crippen LogP contribution in [0.3, 0.4) is 0 Å². The fourth-order valence-corrected chi connectivity index (χ4v) is 1.88. The van der Waals surface area contributed by atoms with Crippen molar-refractivity contribution in [2.24, 2.45) is 0 Å². The summed E-state index contributed by atoms with van der Waals surface area (Å²) in [6, 6.07) is 7.48. The summed E-state index contributed by atoms with van der Waals surface area (Å²) in [6.07, 6.45) is -1.31. The molecule has 0 aliphatic rings. The van der Waals surface area contributed by atoms with Gasteiger partial charge in [0.15, 0.2) is 0 Å². The van der Waals surface area contributed by atoms with Crippen LogP contribution in [0.5, 0.6) is 5.75 Å². The van der Waals surface area contributed by atoms with E-state index >= 15 is 0 Å². The molecule has 0 fully saturated rings. The first-order valence-electron chi connectivity index (χ1n) is 6.37. The lowest BCUT2D eigenvalue weighted by molar-refractivity contribution is -0.139. The first-order chi connectivity index (χ1) is 10.0. The van der Waals surface area contributed by atoms with E-state index in [1.54, 1.807) is 37.6 Å². The summed E-state index contributed by atoms with van der Waals surface area (Å²) in [6.45, 7) is 0.435. The Balaban J connectivity index is 2.21. The Morgan fingerprint density at radius 1 is 1.10 bits per heavy atom. The Morgan fingerprint density at radius 3 is 2.43 bits per heavy atom. The smallest absolute Gasteiger partial charge is 0.419 e. The maximum atomic E-state index is 13.1. The number of pyridine rings is 1. The monoisotopic (exact) mass is 296 g/mol. The highest BCUT2D eigenvalue weighted by Gasteiger charge is 2.34. The van der Waals surface area contributed by atoms with Crippen molar-refractivity contribution in [3.8, 4) is 5.75 Å². The van der Waals surface area contributed by atoms with Gasteiger partial charge in [0, 0.05) is 18.9 Å². The van der Waals surface area contributed by atoms with E-state index in [4.69, 9.17) is 4.74 Å². The number of nitrogens with one attached hydrogen (secondary N) is 1. The Hall–Kier alpha value is -2.08. The molecule has 1 aromatic heterocycles. The fraction of sp³-hybridized carbons (Fsp3) is 0.267. The number of nitrogens with zero attached hydrogens (tertiary/aromatic N) is 1. The third-order valence-corrected chi connectivity index (χ3v) is 2.87. The molecular weight excluding hydrogens is 281 g/mol. The maximum absolute atomic E-state index is 13.1. The Bertz CT molecular complexity index is 585. The fourth-order valence-electron chi connectivity index (χ4n) is 1.88. The molecule has 0 radical (unpaired) electrons. The molecule has 1 heterocycles. The average Bonchev–Trinajstić information content (AvgIpc) is 2.46. The van der Waals surface area contributed by atoms with Gasteiger partial charge in [-0.2, -0.15) is 13.2 Å². The highest BCUT2D eigenvalue weighted by molar-refractivity contribution is 5.39. The molecule has 0 atom stereocenters. The summed E-state index contributed by atoms with van der Waals surface area (Å²) in [5, 5.41) is 2.82. The molecule has 0 unspecified atom stereocenters. The van der Waals surface area contributed by atoms with Crippen LogP contribution in [-0.2, 0) is 19.3 Å². The molecule has 3 nitrogen and oxygen atoms in total. The number of alkyl halides is 3. The van der Waals surface area contributed by atoms with Crippen LogP contribution in [-0.4, -0.2) is 12.0 Å². The van der Waals surface area contributed by atoms with E-state index in [-0.39, 0.29) is 12.4 Å². The zero-order valence-corrected chi connectivity index (χ0v) is 11.4. The molecule has 0 aliphatic heterocycles. The summed E-state index contributed by atoms with van der Waals surface area (Å²) in [5.74, 6) is -0.167. The van der Waals surface area contributed by atoms with Gasteiger partial charge in [0.05, 0.1) is 5.56 Å². The van der Waals surface area contributed by atoms with Gasteiger partial charge >= 0.3 is 6.18 Å². The number of halogens is 3. The van der Waals surface area contributed by atoms with Gasteiger partial charge in [0.25, 0.3) is 0 Å². The topological polar surface area (TPSA) is 34.1 Å². The quantitative estimate of drug-likeness (QED) is 0.918. The summed E-state index contributed by atoms with van der Waals surface area (Å²) in [5.41, 5.74) is 0.558. The largest absolute Gasteiger partial charge is 0.488 e. The van der Waals surface area contributed by atoms with Crippen LogP contribution in [0.4, 0.5) is 13.2 Å². The molecule has 2 aromatic rings. The lowest BCUT2D eigenvalue weighted by Gasteiger charge is -2.15. The minimum Gasteiger partial charge on any atom is -0.488 e. The van der Waals surface area contributed by atoms with Crippen LogP contribution < -0.4 is 10.1 Å². The van der Waals surface area contributed by atoms with Crippen LogP contribution in [0.1, 0.15) is 16.7 Å². The number of rotatable bonds is 5. The van der Waals surface area contributed by atoms with Gasteiger partial charge in [-0.15, -0.1) is 0 Å². The molecule has 1 aromatic carbocycles. The van der Waals surface area contributed by atoms with Gasteiger partial charge in [-0.1, -0.05) is 6.07 Å². The summed E-state index contributed by atoms with van der Waals surface area (Å²) in [7, 11) is 1.68. The van der Waals surface area contributed by atoms with E-state index in [1.165, 1.54) is 6.07 Å². The Kier molecular flexibility index (Phi) is 4.80. The first kappa shape index (κ1) is 15.3. The van der Waals surface area contributed by atoms with Crippen molar-refractivity contribution in [3.63, 3.8) is 0 Å². The van der Waals surface area contributed by atoms with Crippen molar-refractivity contribution in [3.05, 3.63) is 59.4 Å². The predicted octanol–water partition coefficient (Wildman–Crippen LogP) is 3.40. The average molecular weight is 296 g/mol. The number of aromatic nitrogens is 1. The summed E-state index contributed by atoms with van der Waals surface area (Å²) >= 11 is 0. The molecule has 0 aliphatic carbocycles. The van der Waals surface area contributed by atoms with Crippen molar-refractivity contribution >= 4 is 0 Å². The van der Waals surface area contributed by atoms with Crippen LogP contribution in [0.2, 0.25) is 0 Å². The van der Waals surface area contributed by atoms with Gasteiger partial charge in [-0.05, 0) is 42.4 Å². The second-order valence-electron chi connectivity index (χ2n) is 4.50. The van der Waals surface area contributed by atoms with Crippen molar-refractivity contribution < 1.29 is 17.9 Å². The van der Waals surface area contributed by atoms with E-state index < -0.39 is 11.7 Å². The molecule has 2 rings (SSSR count). The lowest BCUT2D eigenvalue weighted by atomic mass is 10.1. The zero-order valence-electron chi connectivity index (χ0n) is 11.4. The number of hydrogen-bond donors (Lipinski definition) is 1. The molecule has 21 heavy (non-hydrogen) atoms. The van der Waals surface area contributed by atoms with E-state index in [0.717, 1.165) is 11.6 Å². The van der Waals surface area contributed by atoms with Gasteiger partial charge in [0.2, 0.25) is 0 Å². The molecule has 112 valence electrons. The molecule has 6 heteroatoms.